The quantitative estimate of drug-likeness (QED) is 0.727. The Hall–Kier alpha value is -1.33. The Morgan fingerprint density at radius 3 is 2.67 bits per heavy atom. The maximum atomic E-state index is 12.5. The highest BCUT2D eigenvalue weighted by Gasteiger charge is 2.22. The molecule has 1 amide bonds. The van der Waals surface area contributed by atoms with Crippen LogP contribution in [0.15, 0.2) is 18.2 Å². The predicted molar refractivity (Wildman–Crippen MR) is 88.3 cm³/mol. The van der Waals surface area contributed by atoms with Crippen LogP contribution in [0, 0.1) is 14.9 Å². The summed E-state index contributed by atoms with van der Waals surface area (Å²) in [4.78, 5) is 16.6. The van der Waals surface area contributed by atoms with Gasteiger partial charge in [-0.15, -0.1) is 0 Å². The van der Waals surface area contributed by atoms with Crippen molar-refractivity contribution in [3.63, 3.8) is 0 Å². The van der Waals surface area contributed by atoms with Crippen LogP contribution in [0.4, 0.5) is 0 Å². The number of hydrogen-bond acceptors (Lipinski definition) is 4. The number of piperazine rings is 1. The van der Waals surface area contributed by atoms with Crippen molar-refractivity contribution in [3.05, 3.63) is 27.3 Å². The lowest BCUT2D eigenvalue weighted by molar-refractivity contribution is 0.0639. The highest BCUT2D eigenvalue weighted by molar-refractivity contribution is 14.1. The van der Waals surface area contributed by atoms with E-state index in [0.29, 0.717) is 25.1 Å². The first-order valence-corrected chi connectivity index (χ1v) is 7.95. The third kappa shape index (κ3) is 4.08. The van der Waals surface area contributed by atoms with E-state index in [4.69, 9.17) is 10.00 Å². The van der Waals surface area contributed by atoms with Crippen molar-refractivity contribution in [2.24, 2.45) is 0 Å². The van der Waals surface area contributed by atoms with Crippen molar-refractivity contribution in [2.45, 2.75) is 6.42 Å². The maximum Gasteiger partial charge on any atom is 0.253 e. The monoisotopic (exact) mass is 399 g/mol. The summed E-state index contributed by atoms with van der Waals surface area (Å²) in [6.45, 7) is 3.89. The van der Waals surface area contributed by atoms with Gasteiger partial charge in [-0.05, 0) is 40.8 Å². The molecule has 1 fully saturated rings. The van der Waals surface area contributed by atoms with Crippen LogP contribution < -0.4 is 4.74 Å². The average molecular weight is 399 g/mol. The van der Waals surface area contributed by atoms with E-state index in [-0.39, 0.29) is 5.91 Å². The van der Waals surface area contributed by atoms with Crippen LogP contribution in [0.3, 0.4) is 0 Å². The van der Waals surface area contributed by atoms with Crippen molar-refractivity contribution >= 4 is 28.5 Å². The van der Waals surface area contributed by atoms with Gasteiger partial charge in [-0.3, -0.25) is 9.69 Å². The average Bonchev–Trinajstić information content (AvgIpc) is 2.52. The minimum atomic E-state index is 0.0653. The van der Waals surface area contributed by atoms with Crippen molar-refractivity contribution in [1.29, 1.82) is 5.26 Å². The Bertz CT molecular complexity index is 548. The Morgan fingerprint density at radius 2 is 2.10 bits per heavy atom. The molecule has 0 aromatic heterocycles. The summed E-state index contributed by atoms with van der Waals surface area (Å²) in [6, 6.07) is 7.66. The van der Waals surface area contributed by atoms with Gasteiger partial charge in [-0.2, -0.15) is 5.26 Å². The number of methoxy groups -OCH3 is 1. The molecule has 0 saturated carbocycles. The SMILES string of the molecule is COc1ccc(C(=O)N2CCN(CCC#N)CC2)cc1I. The molecule has 1 saturated heterocycles. The normalized spacial score (nSPS) is 15.6. The molecular formula is C15H18IN3O2. The number of nitriles is 1. The first-order chi connectivity index (χ1) is 10.2. The zero-order valence-corrected chi connectivity index (χ0v) is 14.2. The molecule has 112 valence electrons. The Morgan fingerprint density at radius 1 is 1.38 bits per heavy atom. The fourth-order valence-electron chi connectivity index (χ4n) is 2.36. The van der Waals surface area contributed by atoms with Gasteiger partial charge >= 0.3 is 0 Å². The third-order valence-corrected chi connectivity index (χ3v) is 4.44. The highest BCUT2D eigenvalue weighted by Crippen LogP contribution is 2.22. The molecule has 1 aliphatic heterocycles. The van der Waals surface area contributed by atoms with E-state index in [1.165, 1.54) is 0 Å². The summed E-state index contributed by atoms with van der Waals surface area (Å²) in [7, 11) is 1.62. The number of carbonyl (C=O) groups is 1. The molecule has 0 atom stereocenters. The van der Waals surface area contributed by atoms with Gasteiger partial charge in [0.05, 0.1) is 16.7 Å². The molecule has 0 N–H and O–H groups in total. The summed E-state index contributed by atoms with van der Waals surface area (Å²) in [5, 5.41) is 8.60. The molecule has 1 aromatic carbocycles. The Balaban J connectivity index is 1.96. The largest absolute Gasteiger partial charge is 0.496 e. The molecule has 6 heteroatoms. The van der Waals surface area contributed by atoms with Gasteiger partial charge in [0.2, 0.25) is 0 Å². The first-order valence-electron chi connectivity index (χ1n) is 6.88. The molecule has 21 heavy (non-hydrogen) atoms. The fourth-order valence-corrected chi connectivity index (χ4v) is 3.10. The molecule has 0 radical (unpaired) electrons. The van der Waals surface area contributed by atoms with E-state index in [0.717, 1.165) is 29.0 Å². The molecular weight excluding hydrogens is 381 g/mol. The van der Waals surface area contributed by atoms with Crippen LogP contribution in [0.25, 0.3) is 0 Å². The topological polar surface area (TPSA) is 56.6 Å². The molecule has 1 aliphatic rings. The van der Waals surface area contributed by atoms with Gasteiger partial charge < -0.3 is 9.64 Å². The Kier molecular flexibility index (Phi) is 5.82. The van der Waals surface area contributed by atoms with Crippen LogP contribution >= 0.6 is 22.6 Å². The first kappa shape index (κ1) is 16.0. The van der Waals surface area contributed by atoms with Gasteiger partial charge in [0.25, 0.3) is 5.91 Å². The van der Waals surface area contributed by atoms with Gasteiger partial charge in [-0.25, -0.2) is 0 Å². The summed E-state index contributed by atoms with van der Waals surface area (Å²) >= 11 is 2.17. The van der Waals surface area contributed by atoms with Crippen molar-refractivity contribution < 1.29 is 9.53 Å². The van der Waals surface area contributed by atoms with Gasteiger partial charge in [0.15, 0.2) is 0 Å². The second-order valence-electron chi connectivity index (χ2n) is 4.89. The standard InChI is InChI=1S/C15H18IN3O2/c1-21-14-4-3-12(11-13(14)16)15(20)19-9-7-18(8-10-19)6-2-5-17/h3-4,11H,2,6-10H2,1H3. The maximum absolute atomic E-state index is 12.5. The van der Waals surface area contributed by atoms with Crippen LogP contribution in [-0.4, -0.2) is 55.5 Å². The zero-order chi connectivity index (χ0) is 15.2. The summed E-state index contributed by atoms with van der Waals surface area (Å²) in [5.74, 6) is 0.851. The molecule has 0 spiro atoms. The van der Waals surface area contributed by atoms with Crippen LogP contribution in [0.1, 0.15) is 16.8 Å². The zero-order valence-electron chi connectivity index (χ0n) is 12.0. The molecule has 0 bridgehead atoms. The lowest BCUT2D eigenvalue weighted by atomic mass is 10.1. The van der Waals surface area contributed by atoms with Gasteiger partial charge in [0.1, 0.15) is 5.75 Å². The molecule has 1 aromatic rings. The highest BCUT2D eigenvalue weighted by atomic mass is 127. The van der Waals surface area contributed by atoms with Crippen molar-refractivity contribution in [1.82, 2.24) is 9.80 Å². The van der Waals surface area contributed by atoms with Crippen LogP contribution in [0.5, 0.6) is 5.75 Å². The minimum absolute atomic E-state index is 0.0653. The third-order valence-electron chi connectivity index (χ3n) is 3.60. The minimum Gasteiger partial charge on any atom is -0.496 e. The van der Waals surface area contributed by atoms with E-state index in [9.17, 15) is 4.79 Å². The molecule has 0 unspecified atom stereocenters. The van der Waals surface area contributed by atoms with E-state index in [2.05, 4.69) is 33.6 Å². The second kappa shape index (κ2) is 7.61. The van der Waals surface area contributed by atoms with E-state index >= 15 is 0 Å². The number of ether oxygens (including phenoxy) is 1. The van der Waals surface area contributed by atoms with Crippen LogP contribution in [-0.2, 0) is 0 Å². The Labute approximate surface area is 138 Å². The summed E-state index contributed by atoms with van der Waals surface area (Å²) < 4.78 is 6.15. The number of amides is 1. The number of carbonyl (C=O) groups excluding carboxylic acids is 1. The van der Waals surface area contributed by atoms with Gasteiger partial charge in [-0.1, -0.05) is 0 Å². The lowest BCUT2D eigenvalue weighted by Crippen LogP contribution is -2.48. The van der Waals surface area contributed by atoms with E-state index < -0.39 is 0 Å². The molecule has 5 nitrogen and oxygen atoms in total. The van der Waals surface area contributed by atoms with E-state index in [1.54, 1.807) is 7.11 Å². The molecule has 2 rings (SSSR count). The number of halogens is 1. The summed E-state index contributed by atoms with van der Waals surface area (Å²) in [5.41, 5.74) is 0.700. The number of benzene rings is 1. The smallest absolute Gasteiger partial charge is 0.253 e. The lowest BCUT2D eigenvalue weighted by Gasteiger charge is -2.34. The fraction of sp³-hybridized carbons (Fsp3) is 0.467. The summed E-state index contributed by atoms with van der Waals surface area (Å²) in [6.07, 6.45) is 0.546. The number of hydrogen-bond donors (Lipinski definition) is 0. The van der Waals surface area contributed by atoms with Gasteiger partial charge in [0, 0.05) is 44.7 Å². The van der Waals surface area contributed by atoms with Crippen molar-refractivity contribution in [3.8, 4) is 11.8 Å². The number of rotatable bonds is 4. The molecule has 0 aliphatic carbocycles. The predicted octanol–water partition coefficient (Wildman–Crippen LogP) is 1.97. The number of nitrogens with zero attached hydrogens (tertiary/aromatic N) is 3. The second-order valence-corrected chi connectivity index (χ2v) is 6.05. The van der Waals surface area contributed by atoms with Crippen LogP contribution in [0.2, 0.25) is 0 Å². The van der Waals surface area contributed by atoms with Crippen molar-refractivity contribution in [2.75, 3.05) is 39.8 Å². The molecule has 1 heterocycles. The van der Waals surface area contributed by atoms with E-state index in [1.807, 2.05) is 23.1 Å².